The van der Waals surface area contributed by atoms with Gasteiger partial charge in [-0.2, -0.15) is 0 Å². The smallest absolute Gasteiger partial charge is 0.211 e. The number of benzene rings is 1. The largest absolute Gasteiger partial charge is 0.380 e. The van der Waals surface area contributed by atoms with Gasteiger partial charge in [0.05, 0.1) is 0 Å². The van der Waals surface area contributed by atoms with E-state index in [1.807, 2.05) is 6.92 Å². The Morgan fingerprint density at radius 2 is 1.58 bits per heavy atom. The first-order valence-electron chi connectivity index (χ1n) is 6.22. The lowest BCUT2D eigenvalue weighted by Gasteiger charge is -2.22. The fraction of sp³-hybridized carbons (Fsp3) is 0.200. The van der Waals surface area contributed by atoms with Gasteiger partial charge in [-0.1, -0.05) is 30.3 Å². The summed E-state index contributed by atoms with van der Waals surface area (Å²) in [6.45, 7) is 6.50. The monoisotopic (exact) mass is 256 g/mol. The van der Waals surface area contributed by atoms with Crippen molar-refractivity contribution in [2.75, 3.05) is 13.1 Å². The highest BCUT2D eigenvalue weighted by Gasteiger charge is 2.31. The normalized spacial score (nSPS) is 14.2. The van der Waals surface area contributed by atoms with E-state index in [1.54, 1.807) is 30.3 Å². The number of carbonyl (C=O) groups excluding carboxylic acids is 2. The highest BCUT2D eigenvalue weighted by molar-refractivity contribution is 6.26. The summed E-state index contributed by atoms with van der Waals surface area (Å²) in [7, 11) is 0. The third-order valence-electron chi connectivity index (χ3n) is 2.90. The zero-order valence-electron chi connectivity index (χ0n) is 10.8. The molecule has 0 atom stereocenters. The number of rotatable bonds is 5. The van der Waals surface area contributed by atoms with Crippen molar-refractivity contribution in [3.8, 4) is 0 Å². The standard InChI is InChI=1S/C15H16N2O2/c1-3-9-17-13-12(16-4-2)14(18)10-7-5-6-8-11(10)15(13)19/h3,5-8,16-17H,1,4,9H2,2H3. The van der Waals surface area contributed by atoms with Crippen molar-refractivity contribution in [3.63, 3.8) is 0 Å². The van der Waals surface area contributed by atoms with E-state index in [2.05, 4.69) is 17.2 Å². The molecule has 0 amide bonds. The van der Waals surface area contributed by atoms with Crippen LogP contribution in [0.1, 0.15) is 27.6 Å². The Morgan fingerprint density at radius 3 is 2.05 bits per heavy atom. The molecular weight excluding hydrogens is 240 g/mol. The summed E-state index contributed by atoms with van der Waals surface area (Å²) in [5, 5.41) is 5.93. The molecule has 2 rings (SSSR count). The van der Waals surface area contributed by atoms with E-state index in [0.717, 1.165) is 0 Å². The lowest BCUT2D eigenvalue weighted by Crippen LogP contribution is -2.36. The van der Waals surface area contributed by atoms with Crippen LogP contribution < -0.4 is 10.6 Å². The number of hydrogen-bond acceptors (Lipinski definition) is 4. The molecule has 4 nitrogen and oxygen atoms in total. The fourth-order valence-corrected chi connectivity index (χ4v) is 2.06. The van der Waals surface area contributed by atoms with Crippen LogP contribution in [0.4, 0.5) is 0 Å². The molecule has 1 aliphatic rings. The molecule has 0 aliphatic heterocycles. The topological polar surface area (TPSA) is 58.2 Å². The molecule has 4 heteroatoms. The average molecular weight is 256 g/mol. The van der Waals surface area contributed by atoms with Crippen LogP contribution in [-0.4, -0.2) is 24.7 Å². The molecule has 0 aromatic heterocycles. The van der Waals surface area contributed by atoms with Gasteiger partial charge < -0.3 is 10.6 Å². The molecule has 0 saturated carbocycles. The zero-order chi connectivity index (χ0) is 13.8. The Labute approximate surface area is 112 Å². The Balaban J connectivity index is 2.51. The summed E-state index contributed by atoms with van der Waals surface area (Å²) in [6.07, 6.45) is 1.65. The summed E-state index contributed by atoms with van der Waals surface area (Å²) in [4.78, 5) is 24.8. The number of Topliss-reactive ketones (excluding diaryl/α,β-unsaturated/α-hetero) is 2. The first-order chi connectivity index (χ1) is 9.20. The molecule has 0 radical (unpaired) electrons. The molecule has 1 aromatic rings. The van der Waals surface area contributed by atoms with Gasteiger partial charge in [-0.3, -0.25) is 9.59 Å². The van der Waals surface area contributed by atoms with E-state index < -0.39 is 0 Å². The van der Waals surface area contributed by atoms with Crippen molar-refractivity contribution in [2.24, 2.45) is 0 Å². The van der Waals surface area contributed by atoms with Crippen molar-refractivity contribution >= 4 is 11.6 Å². The molecule has 19 heavy (non-hydrogen) atoms. The molecule has 0 heterocycles. The van der Waals surface area contributed by atoms with Gasteiger partial charge in [0.25, 0.3) is 0 Å². The molecule has 1 aromatic carbocycles. The number of nitrogens with one attached hydrogen (secondary N) is 2. The number of ketones is 2. The molecule has 0 fully saturated rings. The highest BCUT2D eigenvalue weighted by Crippen LogP contribution is 2.23. The van der Waals surface area contributed by atoms with Crippen LogP contribution in [0, 0.1) is 0 Å². The molecule has 0 unspecified atom stereocenters. The highest BCUT2D eigenvalue weighted by atomic mass is 16.1. The summed E-state index contributed by atoms with van der Waals surface area (Å²) in [6, 6.07) is 6.87. The van der Waals surface area contributed by atoms with Crippen LogP contribution >= 0.6 is 0 Å². The first kappa shape index (κ1) is 13.1. The summed E-state index contributed by atoms with van der Waals surface area (Å²) in [5.74, 6) is -0.309. The number of likely N-dealkylation sites (N-methyl/N-ethyl adjacent to an activating group) is 1. The Kier molecular flexibility index (Phi) is 3.80. The molecule has 0 bridgehead atoms. The minimum Gasteiger partial charge on any atom is -0.380 e. The van der Waals surface area contributed by atoms with Gasteiger partial charge in [0, 0.05) is 24.2 Å². The summed E-state index contributed by atoms with van der Waals surface area (Å²) in [5.41, 5.74) is 1.56. The SMILES string of the molecule is C=CCNC1=C(NCC)C(=O)c2ccccc2C1=O. The van der Waals surface area contributed by atoms with Crippen LogP contribution in [0.15, 0.2) is 48.3 Å². The van der Waals surface area contributed by atoms with Crippen LogP contribution in [0.5, 0.6) is 0 Å². The van der Waals surface area contributed by atoms with Gasteiger partial charge in [0.1, 0.15) is 11.4 Å². The van der Waals surface area contributed by atoms with Crippen molar-refractivity contribution in [1.82, 2.24) is 10.6 Å². The maximum absolute atomic E-state index is 12.4. The van der Waals surface area contributed by atoms with Gasteiger partial charge >= 0.3 is 0 Å². The van der Waals surface area contributed by atoms with Gasteiger partial charge in [-0.15, -0.1) is 6.58 Å². The summed E-state index contributed by atoms with van der Waals surface area (Å²) >= 11 is 0. The molecule has 0 spiro atoms. The van der Waals surface area contributed by atoms with Crippen LogP contribution in [0.3, 0.4) is 0 Å². The van der Waals surface area contributed by atoms with Gasteiger partial charge in [-0.05, 0) is 6.92 Å². The molecule has 1 aliphatic carbocycles. The van der Waals surface area contributed by atoms with E-state index in [1.165, 1.54) is 0 Å². The second-order valence-corrected chi connectivity index (χ2v) is 4.15. The predicted octanol–water partition coefficient (Wildman–Crippen LogP) is 1.66. The van der Waals surface area contributed by atoms with Crippen LogP contribution in [-0.2, 0) is 0 Å². The van der Waals surface area contributed by atoms with E-state index in [4.69, 9.17) is 0 Å². The Bertz CT molecular complexity index is 573. The predicted molar refractivity (Wildman–Crippen MR) is 74.0 cm³/mol. The van der Waals surface area contributed by atoms with Gasteiger partial charge in [0.15, 0.2) is 0 Å². The zero-order valence-corrected chi connectivity index (χ0v) is 10.8. The fourth-order valence-electron chi connectivity index (χ4n) is 2.06. The molecule has 2 N–H and O–H groups in total. The van der Waals surface area contributed by atoms with Crippen molar-refractivity contribution < 1.29 is 9.59 Å². The van der Waals surface area contributed by atoms with E-state index in [-0.39, 0.29) is 11.6 Å². The van der Waals surface area contributed by atoms with Crippen molar-refractivity contribution in [2.45, 2.75) is 6.92 Å². The summed E-state index contributed by atoms with van der Waals surface area (Å²) < 4.78 is 0. The molecule has 0 saturated heterocycles. The quantitative estimate of drug-likeness (QED) is 0.787. The van der Waals surface area contributed by atoms with E-state index >= 15 is 0 Å². The number of allylic oxidation sites excluding steroid dienone is 2. The third kappa shape index (κ3) is 2.29. The first-order valence-corrected chi connectivity index (χ1v) is 6.22. The number of fused-ring (bicyclic) bond motifs is 1. The maximum Gasteiger partial charge on any atom is 0.211 e. The van der Waals surface area contributed by atoms with Crippen molar-refractivity contribution in [3.05, 3.63) is 59.4 Å². The van der Waals surface area contributed by atoms with E-state index in [9.17, 15) is 9.59 Å². The number of hydrogen-bond donors (Lipinski definition) is 2. The Morgan fingerprint density at radius 1 is 1.05 bits per heavy atom. The molecule has 98 valence electrons. The average Bonchev–Trinajstić information content (AvgIpc) is 2.44. The van der Waals surface area contributed by atoms with E-state index in [0.29, 0.717) is 35.6 Å². The Hall–Kier alpha value is -2.36. The lowest BCUT2D eigenvalue weighted by molar-refractivity contribution is 0.0963. The molecular formula is C15H16N2O2. The van der Waals surface area contributed by atoms with Crippen molar-refractivity contribution in [1.29, 1.82) is 0 Å². The maximum atomic E-state index is 12.4. The van der Waals surface area contributed by atoms with Gasteiger partial charge in [-0.25, -0.2) is 0 Å². The lowest BCUT2D eigenvalue weighted by atomic mass is 9.90. The number of carbonyl (C=O) groups is 2. The van der Waals surface area contributed by atoms with Gasteiger partial charge in [0.2, 0.25) is 11.6 Å². The second kappa shape index (κ2) is 5.52. The second-order valence-electron chi connectivity index (χ2n) is 4.15. The van der Waals surface area contributed by atoms with Crippen LogP contribution in [0.25, 0.3) is 0 Å². The van der Waals surface area contributed by atoms with Crippen LogP contribution in [0.2, 0.25) is 0 Å². The minimum absolute atomic E-state index is 0.149. The minimum atomic E-state index is -0.159. The third-order valence-corrected chi connectivity index (χ3v) is 2.90.